The first-order valence-corrected chi connectivity index (χ1v) is 8.43. The standard InChI is InChI=1S/C16H19NO5S/c1-21-13-5-8-15(16(11-13)22-2)17-23(19,20)14-6-3-12(4-7-14)9-10-18/h3-8,11,17-18H,9-10H2,1-2H3. The summed E-state index contributed by atoms with van der Waals surface area (Å²) >= 11 is 0. The maximum Gasteiger partial charge on any atom is 0.262 e. The molecule has 0 amide bonds. The summed E-state index contributed by atoms with van der Waals surface area (Å²) in [5, 5.41) is 8.89. The van der Waals surface area contributed by atoms with Crippen LogP contribution in [0.15, 0.2) is 47.4 Å². The molecule has 0 aliphatic rings. The minimum atomic E-state index is -3.73. The van der Waals surface area contributed by atoms with Crippen LogP contribution in [0.4, 0.5) is 5.69 Å². The highest BCUT2D eigenvalue weighted by molar-refractivity contribution is 7.92. The molecule has 124 valence electrons. The van der Waals surface area contributed by atoms with Crippen molar-refractivity contribution in [3.63, 3.8) is 0 Å². The van der Waals surface area contributed by atoms with Crippen LogP contribution < -0.4 is 14.2 Å². The number of ether oxygens (including phenoxy) is 2. The third-order valence-electron chi connectivity index (χ3n) is 3.29. The molecule has 2 aromatic rings. The zero-order valence-electron chi connectivity index (χ0n) is 12.9. The molecule has 0 saturated carbocycles. The molecule has 0 unspecified atom stereocenters. The monoisotopic (exact) mass is 337 g/mol. The van der Waals surface area contributed by atoms with Gasteiger partial charge in [-0.3, -0.25) is 4.72 Å². The van der Waals surface area contributed by atoms with Gasteiger partial charge in [-0.2, -0.15) is 0 Å². The second-order valence-electron chi connectivity index (χ2n) is 4.79. The Bertz CT molecular complexity index is 757. The van der Waals surface area contributed by atoms with Crippen LogP contribution in [-0.4, -0.2) is 34.4 Å². The number of aliphatic hydroxyl groups is 1. The van der Waals surface area contributed by atoms with E-state index in [0.717, 1.165) is 5.56 Å². The van der Waals surface area contributed by atoms with Gasteiger partial charge in [-0.1, -0.05) is 12.1 Å². The van der Waals surface area contributed by atoms with Crippen molar-refractivity contribution in [1.82, 2.24) is 0 Å². The second-order valence-corrected chi connectivity index (χ2v) is 6.47. The molecule has 0 bridgehead atoms. The molecule has 0 atom stereocenters. The number of methoxy groups -OCH3 is 2. The smallest absolute Gasteiger partial charge is 0.262 e. The summed E-state index contributed by atoms with van der Waals surface area (Å²) in [6.45, 7) is 0.0212. The zero-order chi connectivity index (χ0) is 16.9. The topological polar surface area (TPSA) is 84.9 Å². The van der Waals surface area contributed by atoms with Crippen molar-refractivity contribution >= 4 is 15.7 Å². The molecule has 2 aromatic carbocycles. The first-order valence-electron chi connectivity index (χ1n) is 6.95. The molecular formula is C16H19NO5S. The zero-order valence-corrected chi connectivity index (χ0v) is 13.8. The third-order valence-corrected chi connectivity index (χ3v) is 4.67. The van der Waals surface area contributed by atoms with Crippen LogP contribution in [0.5, 0.6) is 11.5 Å². The minimum absolute atomic E-state index is 0.0212. The third kappa shape index (κ3) is 4.14. The van der Waals surface area contributed by atoms with Crippen LogP contribution in [0.2, 0.25) is 0 Å². The van der Waals surface area contributed by atoms with E-state index in [2.05, 4.69) is 4.72 Å². The average molecular weight is 337 g/mol. The van der Waals surface area contributed by atoms with Crippen LogP contribution >= 0.6 is 0 Å². The van der Waals surface area contributed by atoms with Crippen LogP contribution in [0.3, 0.4) is 0 Å². The summed E-state index contributed by atoms with van der Waals surface area (Å²) in [7, 11) is -0.756. The van der Waals surface area contributed by atoms with E-state index < -0.39 is 10.0 Å². The summed E-state index contributed by atoms with van der Waals surface area (Å²) in [5.74, 6) is 0.933. The maximum atomic E-state index is 12.4. The van der Waals surface area contributed by atoms with Gasteiger partial charge in [0.05, 0.1) is 24.8 Å². The van der Waals surface area contributed by atoms with Gasteiger partial charge in [-0.05, 0) is 36.2 Å². The molecule has 2 N–H and O–H groups in total. The SMILES string of the molecule is COc1ccc(NS(=O)(=O)c2ccc(CCO)cc2)c(OC)c1. The summed E-state index contributed by atoms with van der Waals surface area (Å²) in [5.41, 5.74) is 1.20. The van der Waals surface area contributed by atoms with Crippen molar-refractivity contribution in [2.24, 2.45) is 0 Å². The molecule has 0 spiro atoms. The van der Waals surface area contributed by atoms with Gasteiger partial charge in [0.1, 0.15) is 11.5 Å². The molecule has 0 saturated heterocycles. The van der Waals surface area contributed by atoms with Crippen LogP contribution in [0.1, 0.15) is 5.56 Å². The Labute approximate surface area is 135 Å². The fourth-order valence-electron chi connectivity index (χ4n) is 2.05. The van der Waals surface area contributed by atoms with Crippen LogP contribution in [0.25, 0.3) is 0 Å². The lowest BCUT2D eigenvalue weighted by molar-refractivity contribution is 0.299. The average Bonchev–Trinajstić information content (AvgIpc) is 2.55. The molecule has 0 fully saturated rings. The number of hydrogen-bond donors (Lipinski definition) is 2. The van der Waals surface area contributed by atoms with E-state index in [9.17, 15) is 8.42 Å². The summed E-state index contributed by atoms with van der Waals surface area (Å²) in [4.78, 5) is 0.136. The predicted octanol–water partition coefficient (Wildman–Crippen LogP) is 2.04. The first kappa shape index (κ1) is 17.1. The van der Waals surface area contributed by atoms with Crippen molar-refractivity contribution in [3.05, 3.63) is 48.0 Å². The van der Waals surface area contributed by atoms with Gasteiger partial charge in [-0.25, -0.2) is 8.42 Å². The van der Waals surface area contributed by atoms with E-state index in [1.807, 2.05) is 0 Å². The van der Waals surface area contributed by atoms with Gasteiger partial charge in [0.25, 0.3) is 10.0 Å². The van der Waals surface area contributed by atoms with Gasteiger partial charge < -0.3 is 14.6 Å². The number of hydrogen-bond acceptors (Lipinski definition) is 5. The first-order chi connectivity index (χ1) is 11.0. The van der Waals surface area contributed by atoms with E-state index in [-0.39, 0.29) is 11.5 Å². The van der Waals surface area contributed by atoms with Gasteiger partial charge in [0.15, 0.2) is 0 Å². The normalized spacial score (nSPS) is 11.1. The number of sulfonamides is 1. The van der Waals surface area contributed by atoms with E-state index in [1.165, 1.54) is 26.4 Å². The number of nitrogens with one attached hydrogen (secondary N) is 1. The molecule has 0 heterocycles. The molecular weight excluding hydrogens is 318 g/mol. The minimum Gasteiger partial charge on any atom is -0.497 e. The van der Waals surface area contributed by atoms with Crippen molar-refractivity contribution in [2.75, 3.05) is 25.5 Å². The van der Waals surface area contributed by atoms with E-state index in [0.29, 0.717) is 23.6 Å². The van der Waals surface area contributed by atoms with Gasteiger partial charge >= 0.3 is 0 Å². The number of aliphatic hydroxyl groups excluding tert-OH is 1. The molecule has 6 nitrogen and oxygen atoms in total. The molecule has 0 radical (unpaired) electrons. The summed E-state index contributed by atoms with van der Waals surface area (Å²) in [6.07, 6.45) is 0.486. The Kier molecular flexibility index (Phi) is 5.46. The largest absolute Gasteiger partial charge is 0.497 e. The molecule has 7 heteroatoms. The van der Waals surface area contributed by atoms with Crippen molar-refractivity contribution < 1.29 is 23.0 Å². The number of rotatable bonds is 7. The number of anilines is 1. The van der Waals surface area contributed by atoms with E-state index >= 15 is 0 Å². The molecule has 0 aromatic heterocycles. The van der Waals surface area contributed by atoms with E-state index in [4.69, 9.17) is 14.6 Å². The summed E-state index contributed by atoms with van der Waals surface area (Å²) < 4.78 is 37.7. The molecule has 23 heavy (non-hydrogen) atoms. The Morgan fingerprint density at radius 3 is 2.30 bits per heavy atom. The Hall–Kier alpha value is -2.25. The highest BCUT2D eigenvalue weighted by atomic mass is 32.2. The molecule has 0 aliphatic heterocycles. The van der Waals surface area contributed by atoms with Gasteiger partial charge in [0.2, 0.25) is 0 Å². The van der Waals surface area contributed by atoms with Gasteiger partial charge in [0, 0.05) is 12.7 Å². The Balaban J connectivity index is 2.27. The van der Waals surface area contributed by atoms with Crippen LogP contribution in [-0.2, 0) is 16.4 Å². The predicted molar refractivity (Wildman–Crippen MR) is 87.6 cm³/mol. The molecule has 0 aliphatic carbocycles. The van der Waals surface area contributed by atoms with Crippen molar-refractivity contribution in [2.45, 2.75) is 11.3 Å². The lowest BCUT2D eigenvalue weighted by Crippen LogP contribution is -2.13. The lowest BCUT2D eigenvalue weighted by Gasteiger charge is -2.13. The second kappa shape index (κ2) is 7.34. The van der Waals surface area contributed by atoms with E-state index in [1.54, 1.807) is 30.3 Å². The highest BCUT2D eigenvalue weighted by Crippen LogP contribution is 2.30. The lowest BCUT2D eigenvalue weighted by atomic mass is 10.2. The van der Waals surface area contributed by atoms with Crippen LogP contribution in [0, 0.1) is 0 Å². The van der Waals surface area contributed by atoms with Crippen molar-refractivity contribution in [1.29, 1.82) is 0 Å². The van der Waals surface area contributed by atoms with Crippen molar-refractivity contribution in [3.8, 4) is 11.5 Å². The quantitative estimate of drug-likeness (QED) is 0.808. The number of benzene rings is 2. The fourth-order valence-corrected chi connectivity index (χ4v) is 3.12. The summed E-state index contributed by atoms with van der Waals surface area (Å²) in [6, 6.07) is 11.2. The Morgan fingerprint density at radius 1 is 1.04 bits per heavy atom. The molecule has 2 rings (SSSR count). The van der Waals surface area contributed by atoms with Gasteiger partial charge in [-0.15, -0.1) is 0 Å². The maximum absolute atomic E-state index is 12.4. The fraction of sp³-hybridized carbons (Fsp3) is 0.250. The highest BCUT2D eigenvalue weighted by Gasteiger charge is 2.17. The Morgan fingerprint density at radius 2 is 1.74 bits per heavy atom.